The van der Waals surface area contributed by atoms with Crippen LogP contribution in [0.25, 0.3) is 0 Å². The van der Waals surface area contributed by atoms with Gasteiger partial charge >= 0.3 is 0 Å². The smallest absolute Gasteiger partial charge is 0.263 e. The van der Waals surface area contributed by atoms with Gasteiger partial charge in [-0.25, -0.2) is 8.42 Å². The maximum atomic E-state index is 12.4. The predicted octanol–water partition coefficient (Wildman–Crippen LogP) is 1.23. The standard InChI is InChI=1S/C13H20N4O3S/c1-4-5-17-7-12(6-11(17)9-18)21(19,20)15-13-8-16(3)14-10(13)2/h6-8,15,18H,4-5,9H2,1-3H3. The molecule has 0 aliphatic heterocycles. The van der Waals surface area contributed by atoms with Crippen LogP contribution in [0.4, 0.5) is 5.69 Å². The first kappa shape index (κ1) is 15.6. The minimum absolute atomic E-state index is 0.142. The molecule has 0 atom stereocenters. The molecule has 0 spiro atoms. The number of aryl methyl sites for hydroxylation is 3. The Kier molecular flexibility index (Phi) is 4.38. The van der Waals surface area contributed by atoms with Crippen molar-refractivity contribution in [3.63, 3.8) is 0 Å². The van der Waals surface area contributed by atoms with Crippen molar-refractivity contribution in [3.05, 3.63) is 29.8 Å². The largest absolute Gasteiger partial charge is 0.390 e. The van der Waals surface area contributed by atoms with Gasteiger partial charge in [0, 0.05) is 31.7 Å². The lowest BCUT2D eigenvalue weighted by atomic mass is 10.4. The Labute approximate surface area is 124 Å². The van der Waals surface area contributed by atoms with Gasteiger partial charge in [0.15, 0.2) is 0 Å². The van der Waals surface area contributed by atoms with E-state index < -0.39 is 10.0 Å². The Hall–Kier alpha value is -1.80. The van der Waals surface area contributed by atoms with Gasteiger partial charge < -0.3 is 9.67 Å². The number of sulfonamides is 1. The summed E-state index contributed by atoms with van der Waals surface area (Å²) >= 11 is 0. The molecule has 2 N–H and O–H groups in total. The van der Waals surface area contributed by atoms with Gasteiger partial charge in [-0.1, -0.05) is 6.92 Å². The first-order valence-corrected chi connectivity index (χ1v) is 8.18. The van der Waals surface area contributed by atoms with Crippen LogP contribution in [0.5, 0.6) is 0 Å². The van der Waals surface area contributed by atoms with Gasteiger partial charge in [-0.05, 0) is 19.4 Å². The Morgan fingerprint density at radius 1 is 1.38 bits per heavy atom. The summed E-state index contributed by atoms with van der Waals surface area (Å²) in [6, 6.07) is 1.49. The lowest BCUT2D eigenvalue weighted by molar-refractivity contribution is 0.270. The van der Waals surface area contributed by atoms with Crippen molar-refractivity contribution in [1.82, 2.24) is 14.3 Å². The number of hydrogen-bond acceptors (Lipinski definition) is 4. The van der Waals surface area contributed by atoms with E-state index in [9.17, 15) is 13.5 Å². The zero-order chi connectivity index (χ0) is 15.6. The Morgan fingerprint density at radius 3 is 2.62 bits per heavy atom. The SMILES string of the molecule is CCCn1cc(S(=O)(=O)Nc2cn(C)nc2C)cc1CO. The fourth-order valence-electron chi connectivity index (χ4n) is 2.16. The highest BCUT2D eigenvalue weighted by molar-refractivity contribution is 7.92. The first-order valence-electron chi connectivity index (χ1n) is 6.70. The molecule has 0 saturated carbocycles. The average Bonchev–Trinajstić information content (AvgIpc) is 2.94. The van der Waals surface area contributed by atoms with Gasteiger partial charge in [0.1, 0.15) is 4.90 Å². The third-order valence-corrected chi connectivity index (χ3v) is 4.49. The Bertz CT molecular complexity index is 731. The number of rotatable bonds is 6. The van der Waals surface area contributed by atoms with E-state index in [0.717, 1.165) is 6.42 Å². The van der Waals surface area contributed by atoms with Crippen molar-refractivity contribution in [3.8, 4) is 0 Å². The number of aromatic nitrogens is 3. The van der Waals surface area contributed by atoms with Crippen molar-refractivity contribution in [2.45, 2.75) is 38.3 Å². The lowest BCUT2D eigenvalue weighted by Gasteiger charge is -2.05. The summed E-state index contributed by atoms with van der Waals surface area (Å²) in [7, 11) is -1.96. The summed E-state index contributed by atoms with van der Waals surface area (Å²) in [6.07, 6.45) is 4.02. The second-order valence-electron chi connectivity index (χ2n) is 4.93. The number of hydrogen-bond donors (Lipinski definition) is 2. The summed E-state index contributed by atoms with van der Waals surface area (Å²) in [5.74, 6) is 0. The van der Waals surface area contributed by atoms with Crippen molar-refractivity contribution >= 4 is 15.7 Å². The number of nitrogens with one attached hydrogen (secondary N) is 1. The second-order valence-corrected chi connectivity index (χ2v) is 6.61. The van der Waals surface area contributed by atoms with Crippen LogP contribution in [-0.4, -0.2) is 27.9 Å². The highest BCUT2D eigenvalue weighted by Gasteiger charge is 2.20. The number of anilines is 1. The van der Waals surface area contributed by atoms with Gasteiger partial charge in [-0.2, -0.15) is 5.10 Å². The number of aliphatic hydroxyl groups is 1. The molecule has 21 heavy (non-hydrogen) atoms. The molecular formula is C13H20N4O3S. The molecule has 2 aromatic heterocycles. The molecule has 8 heteroatoms. The van der Waals surface area contributed by atoms with Gasteiger partial charge in [0.05, 0.1) is 18.0 Å². The molecule has 2 rings (SSSR count). The van der Waals surface area contributed by atoms with Crippen LogP contribution in [-0.2, 0) is 30.2 Å². The molecule has 0 radical (unpaired) electrons. The molecule has 0 saturated heterocycles. The third-order valence-electron chi connectivity index (χ3n) is 3.16. The average molecular weight is 312 g/mol. The van der Waals surface area contributed by atoms with Crippen LogP contribution in [0.3, 0.4) is 0 Å². The zero-order valence-electron chi connectivity index (χ0n) is 12.4. The molecule has 0 aromatic carbocycles. The summed E-state index contributed by atoms with van der Waals surface area (Å²) in [6.45, 7) is 4.20. The topological polar surface area (TPSA) is 89.2 Å². The molecule has 0 fully saturated rings. The molecule has 0 amide bonds. The van der Waals surface area contributed by atoms with Crippen molar-refractivity contribution < 1.29 is 13.5 Å². The van der Waals surface area contributed by atoms with Crippen molar-refractivity contribution in [1.29, 1.82) is 0 Å². The van der Waals surface area contributed by atoms with E-state index in [-0.39, 0.29) is 11.5 Å². The number of nitrogens with zero attached hydrogens (tertiary/aromatic N) is 3. The van der Waals surface area contributed by atoms with E-state index in [1.54, 1.807) is 35.6 Å². The Morgan fingerprint density at radius 2 is 2.10 bits per heavy atom. The molecule has 0 aliphatic carbocycles. The van der Waals surface area contributed by atoms with E-state index >= 15 is 0 Å². The minimum Gasteiger partial charge on any atom is -0.390 e. The zero-order valence-corrected chi connectivity index (χ0v) is 13.2. The van der Waals surface area contributed by atoms with Crippen molar-refractivity contribution in [2.24, 2.45) is 7.05 Å². The van der Waals surface area contributed by atoms with Crippen molar-refractivity contribution in [2.75, 3.05) is 4.72 Å². The molecule has 116 valence electrons. The van der Waals surface area contributed by atoms with E-state index in [4.69, 9.17) is 0 Å². The second kappa shape index (κ2) is 5.90. The molecule has 0 aliphatic rings. The summed E-state index contributed by atoms with van der Waals surface area (Å²) in [4.78, 5) is 0.142. The first-order chi connectivity index (χ1) is 9.87. The highest BCUT2D eigenvalue weighted by atomic mass is 32.2. The quantitative estimate of drug-likeness (QED) is 0.839. The van der Waals surface area contributed by atoms with Crippen LogP contribution >= 0.6 is 0 Å². The van der Waals surface area contributed by atoms with Gasteiger partial charge in [-0.3, -0.25) is 9.40 Å². The maximum absolute atomic E-state index is 12.4. The van der Waals surface area contributed by atoms with Crippen LogP contribution in [0.2, 0.25) is 0 Å². The summed E-state index contributed by atoms with van der Waals surface area (Å²) in [5.41, 5.74) is 1.64. The van der Waals surface area contributed by atoms with Crippen LogP contribution < -0.4 is 4.72 Å². The van der Waals surface area contributed by atoms with Crippen LogP contribution in [0.15, 0.2) is 23.4 Å². The normalized spacial score (nSPS) is 11.8. The molecule has 0 bridgehead atoms. The number of aliphatic hydroxyl groups excluding tert-OH is 1. The predicted molar refractivity (Wildman–Crippen MR) is 79.4 cm³/mol. The Balaban J connectivity index is 2.33. The lowest BCUT2D eigenvalue weighted by Crippen LogP contribution is -2.12. The van der Waals surface area contributed by atoms with Gasteiger partial charge in [0.2, 0.25) is 0 Å². The van der Waals surface area contributed by atoms with E-state index in [2.05, 4.69) is 9.82 Å². The molecular weight excluding hydrogens is 292 g/mol. The molecule has 2 aromatic rings. The summed E-state index contributed by atoms with van der Waals surface area (Å²) < 4.78 is 30.6. The minimum atomic E-state index is -3.69. The third kappa shape index (κ3) is 3.27. The maximum Gasteiger partial charge on any atom is 0.263 e. The molecule has 7 nitrogen and oxygen atoms in total. The molecule has 0 unspecified atom stereocenters. The van der Waals surface area contributed by atoms with Crippen LogP contribution in [0.1, 0.15) is 24.7 Å². The van der Waals surface area contributed by atoms with E-state index in [1.165, 1.54) is 6.07 Å². The van der Waals surface area contributed by atoms with E-state index in [0.29, 0.717) is 23.6 Å². The summed E-state index contributed by atoms with van der Waals surface area (Å²) in [5, 5.41) is 13.4. The van der Waals surface area contributed by atoms with E-state index in [1.807, 2.05) is 6.92 Å². The fourth-order valence-corrected chi connectivity index (χ4v) is 3.32. The molecule has 2 heterocycles. The van der Waals surface area contributed by atoms with Gasteiger partial charge in [0.25, 0.3) is 10.0 Å². The monoisotopic (exact) mass is 312 g/mol. The van der Waals surface area contributed by atoms with Crippen LogP contribution in [0, 0.1) is 6.92 Å². The van der Waals surface area contributed by atoms with Gasteiger partial charge in [-0.15, -0.1) is 0 Å². The highest BCUT2D eigenvalue weighted by Crippen LogP contribution is 2.20. The fraction of sp³-hybridized carbons (Fsp3) is 0.462.